The molecule has 102 valence electrons. The first kappa shape index (κ1) is 12.8. The molecule has 0 saturated carbocycles. The maximum Gasteiger partial charge on any atom is 0.339 e. The fourth-order valence-electron chi connectivity index (χ4n) is 3.20. The van der Waals surface area contributed by atoms with Gasteiger partial charge in [-0.25, -0.2) is 4.79 Å². The van der Waals surface area contributed by atoms with Crippen molar-refractivity contribution in [3.05, 3.63) is 28.8 Å². The van der Waals surface area contributed by atoms with Crippen molar-refractivity contribution in [1.82, 2.24) is 4.90 Å². The van der Waals surface area contributed by atoms with Gasteiger partial charge in [-0.1, -0.05) is 17.7 Å². The highest BCUT2D eigenvalue weighted by Gasteiger charge is 2.32. The number of hydrogen-bond donors (Lipinski definition) is 1. The minimum atomic E-state index is -0.950. The average molecular weight is 281 g/mol. The molecule has 1 aromatic carbocycles. The quantitative estimate of drug-likeness (QED) is 0.903. The van der Waals surface area contributed by atoms with Gasteiger partial charge in [-0.3, -0.25) is 4.90 Å². The van der Waals surface area contributed by atoms with Crippen LogP contribution in [0.2, 0.25) is 5.02 Å². The highest BCUT2D eigenvalue weighted by Crippen LogP contribution is 2.31. The summed E-state index contributed by atoms with van der Waals surface area (Å²) in [4.78, 5) is 16.1. The zero-order valence-electron chi connectivity index (χ0n) is 10.7. The Balaban J connectivity index is 1.90. The van der Waals surface area contributed by atoms with Gasteiger partial charge in [0.25, 0.3) is 0 Å². The molecule has 1 aromatic rings. The van der Waals surface area contributed by atoms with Crippen LogP contribution in [0.5, 0.6) is 0 Å². The van der Waals surface area contributed by atoms with E-state index in [9.17, 15) is 9.90 Å². The number of carbonyl (C=O) groups is 1. The molecular formula is C14H17ClN2O2. The molecule has 0 amide bonds. The van der Waals surface area contributed by atoms with E-state index in [4.69, 9.17) is 11.6 Å². The summed E-state index contributed by atoms with van der Waals surface area (Å²) in [6, 6.07) is 5.89. The third-order valence-corrected chi connectivity index (χ3v) is 4.45. The van der Waals surface area contributed by atoms with Gasteiger partial charge in [-0.15, -0.1) is 0 Å². The van der Waals surface area contributed by atoms with E-state index < -0.39 is 5.97 Å². The molecular weight excluding hydrogens is 264 g/mol. The van der Waals surface area contributed by atoms with Crippen LogP contribution in [0.1, 0.15) is 23.2 Å². The van der Waals surface area contributed by atoms with E-state index in [0.717, 1.165) is 25.3 Å². The Labute approximate surface area is 117 Å². The molecule has 1 atom stereocenters. The molecule has 2 fully saturated rings. The predicted molar refractivity (Wildman–Crippen MR) is 75.2 cm³/mol. The second-order valence-corrected chi connectivity index (χ2v) is 5.62. The van der Waals surface area contributed by atoms with Gasteiger partial charge in [-0.2, -0.15) is 0 Å². The van der Waals surface area contributed by atoms with Crippen LogP contribution in [-0.4, -0.2) is 48.2 Å². The maximum atomic E-state index is 11.4. The first-order chi connectivity index (χ1) is 9.16. The molecule has 2 aliphatic rings. The topological polar surface area (TPSA) is 43.8 Å². The van der Waals surface area contributed by atoms with Crippen LogP contribution < -0.4 is 4.90 Å². The summed E-state index contributed by atoms with van der Waals surface area (Å²) < 4.78 is 0. The Bertz CT molecular complexity index is 506. The Hall–Kier alpha value is -1.26. The van der Waals surface area contributed by atoms with Crippen LogP contribution in [0, 0.1) is 0 Å². The van der Waals surface area contributed by atoms with Gasteiger partial charge in [0.2, 0.25) is 0 Å². The third-order valence-electron chi connectivity index (χ3n) is 4.13. The summed E-state index contributed by atoms with van der Waals surface area (Å²) >= 11 is 6.04. The van der Waals surface area contributed by atoms with Crippen LogP contribution in [0.15, 0.2) is 18.2 Å². The third kappa shape index (κ3) is 2.30. The van der Waals surface area contributed by atoms with Crippen LogP contribution in [-0.2, 0) is 0 Å². The van der Waals surface area contributed by atoms with Crippen molar-refractivity contribution in [1.29, 1.82) is 0 Å². The minimum Gasteiger partial charge on any atom is -0.478 e. The first-order valence-electron chi connectivity index (χ1n) is 6.67. The number of rotatable bonds is 2. The van der Waals surface area contributed by atoms with Gasteiger partial charge in [-0.05, 0) is 31.5 Å². The van der Waals surface area contributed by atoms with Crippen LogP contribution >= 0.6 is 11.6 Å². The number of benzene rings is 1. The summed E-state index contributed by atoms with van der Waals surface area (Å²) in [5.41, 5.74) is 0.988. The standard InChI is InChI=1S/C14H17ClN2O2/c15-11-4-1-5-12(13(11)14(18)19)17-8-7-16-6-2-3-10(16)9-17/h1,4-5,10H,2-3,6-9H2,(H,18,19). The van der Waals surface area contributed by atoms with E-state index in [0.29, 0.717) is 11.1 Å². The number of carboxylic acid groups (broad SMARTS) is 1. The number of halogens is 1. The lowest BCUT2D eigenvalue weighted by Gasteiger charge is -2.39. The number of nitrogens with zero attached hydrogens (tertiary/aromatic N) is 2. The lowest BCUT2D eigenvalue weighted by Crippen LogP contribution is -2.50. The van der Waals surface area contributed by atoms with E-state index in [1.807, 2.05) is 12.1 Å². The monoisotopic (exact) mass is 280 g/mol. The number of carboxylic acids is 1. The molecule has 1 unspecified atom stereocenters. The molecule has 2 saturated heterocycles. The summed E-state index contributed by atoms with van der Waals surface area (Å²) in [6.07, 6.45) is 2.46. The summed E-state index contributed by atoms with van der Waals surface area (Å²) in [5, 5.41) is 9.66. The molecule has 19 heavy (non-hydrogen) atoms. The average Bonchev–Trinajstić information content (AvgIpc) is 2.85. The van der Waals surface area contributed by atoms with Gasteiger partial charge in [0, 0.05) is 25.7 Å². The number of aromatic carboxylic acids is 1. The molecule has 0 aromatic heterocycles. The molecule has 0 aliphatic carbocycles. The summed E-state index contributed by atoms with van der Waals surface area (Å²) in [6.45, 7) is 3.97. The number of anilines is 1. The van der Waals surface area contributed by atoms with Crippen molar-refractivity contribution >= 4 is 23.3 Å². The van der Waals surface area contributed by atoms with Crippen LogP contribution in [0.3, 0.4) is 0 Å². The molecule has 1 N–H and O–H groups in total. The highest BCUT2D eigenvalue weighted by atomic mass is 35.5. The Morgan fingerprint density at radius 3 is 2.95 bits per heavy atom. The van der Waals surface area contributed by atoms with E-state index >= 15 is 0 Å². The minimum absolute atomic E-state index is 0.232. The van der Waals surface area contributed by atoms with Crippen molar-refractivity contribution in [2.75, 3.05) is 31.1 Å². The van der Waals surface area contributed by atoms with Gasteiger partial charge in [0.1, 0.15) is 5.56 Å². The Kier molecular flexibility index (Phi) is 3.37. The number of hydrogen-bond acceptors (Lipinski definition) is 3. The lowest BCUT2D eigenvalue weighted by molar-refractivity contribution is 0.0697. The first-order valence-corrected chi connectivity index (χ1v) is 7.05. The molecule has 4 nitrogen and oxygen atoms in total. The Morgan fingerprint density at radius 2 is 2.16 bits per heavy atom. The van der Waals surface area contributed by atoms with Crippen molar-refractivity contribution in [3.63, 3.8) is 0 Å². The molecule has 0 bridgehead atoms. The second-order valence-electron chi connectivity index (χ2n) is 5.22. The molecule has 0 radical (unpaired) electrons. The van der Waals surface area contributed by atoms with E-state index in [-0.39, 0.29) is 5.56 Å². The lowest BCUT2D eigenvalue weighted by atomic mass is 10.1. The highest BCUT2D eigenvalue weighted by molar-refractivity contribution is 6.34. The van der Waals surface area contributed by atoms with Crippen molar-refractivity contribution < 1.29 is 9.90 Å². The largest absolute Gasteiger partial charge is 0.478 e. The van der Waals surface area contributed by atoms with Crippen molar-refractivity contribution in [2.24, 2.45) is 0 Å². The molecule has 0 spiro atoms. The normalized spacial score (nSPS) is 23.4. The van der Waals surface area contributed by atoms with E-state index in [2.05, 4.69) is 9.80 Å². The van der Waals surface area contributed by atoms with Crippen molar-refractivity contribution in [3.8, 4) is 0 Å². The van der Waals surface area contributed by atoms with Gasteiger partial charge in [0.15, 0.2) is 0 Å². The zero-order chi connectivity index (χ0) is 13.4. The van der Waals surface area contributed by atoms with Crippen LogP contribution in [0.25, 0.3) is 0 Å². The fraction of sp³-hybridized carbons (Fsp3) is 0.500. The van der Waals surface area contributed by atoms with Gasteiger partial charge >= 0.3 is 5.97 Å². The van der Waals surface area contributed by atoms with Crippen molar-refractivity contribution in [2.45, 2.75) is 18.9 Å². The molecule has 3 rings (SSSR count). The zero-order valence-corrected chi connectivity index (χ0v) is 11.4. The summed E-state index contributed by atoms with van der Waals surface area (Å²) in [7, 11) is 0. The number of piperazine rings is 1. The molecule has 5 heteroatoms. The fourth-order valence-corrected chi connectivity index (χ4v) is 3.45. The molecule has 2 heterocycles. The van der Waals surface area contributed by atoms with Gasteiger partial charge in [0.05, 0.1) is 10.7 Å². The predicted octanol–water partition coefficient (Wildman–Crippen LogP) is 2.32. The second kappa shape index (κ2) is 5.02. The Morgan fingerprint density at radius 1 is 1.32 bits per heavy atom. The van der Waals surface area contributed by atoms with Crippen LogP contribution in [0.4, 0.5) is 5.69 Å². The number of fused-ring (bicyclic) bond motifs is 1. The van der Waals surface area contributed by atoms with E-state index in [1.165, 1.54) is 19.4 Å². The SMILES string of the molecule is O=C(O)c1c(Cl)cccc1N1CCN2CCCC2C1. The maximum absolute atomic E-state index is 11.4. The van der Waals surface area contributed by atoms with E-state index in [1.54, 1.807) is 6.07 Å². The molecule has 2 aliphatic heterocycles. The summed E-state index contributed by atoms with van der Waals surface area (Å²) in [5.74, 6) is -0.950. The van der Waals surface area contributed by atoms with Gasteiger partial charge < -0.3 is 10.0 Å². The smallest absolute Gasteiger partial charge is 0.339 e.